The van der Waals surface area contributed by atoms with Crippen LogP contribution in [0.25, 0.3) is 0 Å². The number of aromatic nitrogens is 3. The van der Waals surface area contributed by atoms with Crippen LogP contribution in [0.3, 0.4) is 0 Å². The van der Waals surface area contributed by atoms with Gasteiger partial charge in [0.05, 0.1) is 0 Å². The fourth-order valence-electron chi connectivity index (χ4n) is 1.20. The molecule has 0 bridgehead atoms. The zero-order chi connectivity index (χ0) is 9.68. The van der Waals surface area contributed by atoms with E-state index in [0.717, 1.165) is 31.1 Å². The molecule has 0 aliphatic carbocycles. The van der Waals surface area contributed by atoms with Crippen LogP contribution in [0.2, 0.25) is 0 Å². The van der Waals surface area contributed by atoms with Gasteiger partial charge in [-0.15, -0.1) is 11.6 Å². The summed E-state index contributed by atoms with van der Waals surface area (Å²) in [6.07, 6.45) is 3.67. The van der Waals surface area contributed by atoms with Crippen LogP contribution in [-0.2, 0) is 13.0 Å². The fourth-order valence-corrected chi connectivity index (χ4v) is 1.35. The number of aryl methyl sites for hydroxylation is 2. The van der Waals surface area contributed by atoms with Gasteiger partial charge in [-0.3, -0.25) is 4.68 Å². The highest BCUT2D eigenvalue weighted by Crippen LogP contribution is 2.08. The van der Waals surface area contributed by atoms with Crippen molar-refractivity contribution in [2.75, 3.05) is 5.88 Å². The molecule has 0 radical (unpaired) electrons. The van der Waals surface area contributed by atoms with Crippen LogP contribution in [0.5, 0.6) is 0 Å². The number of hydrogen-bond acceptors (Lipinski definition) is 2. The molecule has 0 spiro atoms. The normalized spacial score (nSPS) is 13.2. The lowest BCUT2D eigenvalue weighted by Crippen LogP contribution is -2.06. The minimum absolute atomic E-state index is 0.559. The Bertz CT molecular complexity index is 247. The van der Waals surface area contributed by atoms with E-state index in [-0.39, 0.29) is 0 Å². The van der Waals surface area contributed by atoms with E-state index in [2.05, 4.69) is 23.9 Å². The van der Waals surface area contributed by atoms with E-state index in [9.17, 15) is 0 Å². The van der Waals surface area contributed by atoms with Gasteiger partial charge in [0, 0.05) is 18.8 Å². The van der Waals surface area contributed by atoms with Crippen LogP contribution in [0.15, 0.2) is 6.33 Å². The van der Waals surface area contributed by atoms with E-state index < -0.39 is 0 Å². The maximum absolute atomic E-state index is 5.72. The standard InChI is InChI=1S/C9H16ClN3/c1-3-13-9(11-7-12-13)5-4-8(2)6-10/h7-8H,3-6H2,1-2H3. The Morgan fingerprint density at radius 1 is 1.62 bits per heavy atom. The summed E-state index contributed by atoms with van der Waals surface area (Å²) >= 11 is 5.72. The third-order valence-electron chi connectivity index (χ3n) is 2.12. The molecule has 3 nitrogen and oxygen atoms in total. The van der Waals surface area contributed by atoms with Crippen LogP contribution in [0.4, 0.5) is 0 Å². The van der Waals surface area contributed by atoms with Crippen molar-refractivity contribution < 1.29 is 0 Å². The molecule has 4 heteroatoms. The lowest BCUT2D eigenvalue weighted by Gasteiger charge is -2.06. The van der Waals surface area contributed by atoms with Gasteiger partial charge in [-0.1, -0.05) is 6.92 Å². The highest BCUT2D eigenvalue weighted by atomic mass is 35.5. The predicted molar refractivity (Wildman–Crippen MR) is 53.9 cm³/mol. The van der Waals surface area contributed by atoms with Crippen LogP contribution in [0, 0.1) is 5.92 Å². The van der Waals surface area contributed by atoms with Crippen LogP contribution >= 0.6 is 11.6 Å². The highest BCUT2D eigenvalue weighted by Gasteiger charge is 2.05. The van der Waals surface area contributed by atoms with E-state index in [1.54, 1.807) is 6.33 Å². The quantitative estimate of drug-likeness (QED) is 0.684. The summed E-state index contributed by atoms with van der Waals surface area (Å²) in [6.45, 7) is 5.12. The SMILES string of the molecule is CCn1ncnc1CCC(C)CCl. The first-order valence-corrected chi connectivity index (χ1v) is 5.24. The van der Waals surface area contributed by atoms with E-state index >= 15 is 0 Å². The molecule has 0 fully saturated rings. The van der Waals surface area contributed by atoms with Crippen molar-refractivity contribution in [1.82, 2.24) is 14.8 Å². The van der Waals surface area contributed by atoms with Crippen molar-refractivity contribution in [2.24, 2.45) is 5.92 Å². The van der Waals surface area contributed by atoms with Gasteiger partial charge in [0.1, 0.15) is 12.2 Å². The Labute approximate surface area is 84.1 Å². The summed E-state index contributed by atoms with van der Waals surface area (Å²) in [5.74, 6) is 2.35. The fraction of sp³-hybridized carbons (Fsp3) is 0.778. The van der Waals surface area contributed by atoms with Gasteiger partial charge in [0.2, 0.25) is 0 Å². The molecule has 1 heterocycles. The van der Waals surface area contributed by atoms with E-state index in [0.29, 0.717) is 5.92 Å². The summed E-state index contributed by atoms with van der Waals surface area (Å²) in [6, 6.07) is 0. The monoisotopic (exact) mass is 201 g/mol. The van der Waals surface area contributed by atoms with Crippen molar-refractivity contribution in [3.8, 4) is 0 Å². The van der Waals surface area contributed by atoms with Crippen molar-refractivity contribution in [3.05, 3.63) is 12.2 Å². The van der Waals surface area contributed by atoms with Crippen LogP contribution < -0.4 is 0 Å². The molecule has 13 heavy (non-hydrogen) atoms. The number of rotatable bonds is 5. The van der Waals surface area contributed by atoms with Gasteiger partial charge in [-0.25, -0.2) is 4.98 Å². The Balaban J connectivity index is 2.44. The zero-order valence-electron chi connectivity index (χ0n) is 8.20. The van der Waals surface area contributed by atoms with Gasteiger partial charge in [0.25, 0.3) is 0 Å². The molecule has 1 rings (SSSR count). The lowest BCUT2D eigenvalue weighted by molar-refractivity contribution is 0.544. The first-order chi connectivity index (χ1) is 6.27. The van der Waals surface area contributed by atoms with Crippen molar-refractivity contribution in [3.63, 3.8) is 0 Å². The van der Waals surface area contributed by atoms with Gasteiger partial charge in [0.15, 0.2) is 0 Å². The molecule has 0 aliphatic rings. The molecular weight excluding hydrogens is 186 g/mol. The van der Waals surface area contributed by atoms with E-state index in [4.69, 9.17) is 11.6 Å². The average molecular weight is 202 g/mol. The minimum Gasteiger partial charge on any atom is -0.250 e. The van der Waals surface area contributed by atoms with E-state index in [1.165, 1.54) is 0 Å². The highest BCUT2D eigenvalue weighted by molar-refractivity contribution is 6.18. The molecule has 1 unspecified atom stereocenters. The minimum atomic E-state index is 0.559. The Hall–Kier alpha value is -0.570. The summed E-state index contributed by atoms with van der Waals surface area (Å²) in [5, 5.41) is 4.11. The Morgan fingerprint density at radius 3 is 3.00 bits per heavy atom. The number of nitrogens with zero attached hydrogens (tertiary/aromatic N) is 3. The average Bonchev–Trinajstić information content (AvgIpc) is 2.61. The van der Waals surface area contributed by atoms with Crippen LogP contribution in [0.1, 0.15) is 26.1 Å². The maximum Gasteiger partial charge on any atom is 0.138 e. The molecule has 1 aromatic rings. The summed E-state index contributed by atoms with van der Waals surface area (Å²) in [4.78, 5) is 4.20. The molecule has 1 atom stereocenters. The number of alkyl halides is 1. The van der Waals surface area contributed by atoms with Gasteiger partial charge in [-0.05, 0) is 19.3 Å². The lowest BCUT2D eigenvalue weighted by atomic mass is 10.1. The van der Waals surface area contributed by atoms with Gasteiger partial charge >= 0.3 is 0 Å². The third kappa shape index (κ3) is 2.99. The molecule has 1 aromatic heterocycles. The first-order valence-electron chi connectivity index (χ1n) is 4.70. The van der Waals surface area contributed by atoms with Crippen molar-refractivity contribution in [1.29, 1.82) is 0 Å². The predicted octanol–water partition coefficient (Wildman–Crippen LogP) is 2.11. The third-order valence-corrected chi connectivity index (χ3v) is 2.65. The molecular formula is C9H16ClN3. The van der Waals surface area contributed by atoms with Crippen LogP contribution in [-0.4, -0.2) is 20.6 Å². The number of hydrogen-bond donors (Lipinski definition) is 0. The molecule has 0 N–H and O–H groups in total. The second kappa shape index (κ2) is 5.22. The summed E-state index contributed by atoms with van der Waals surface area (Å²) < 4.78 is 1.93. The van der Waals surface area contributed by atoms with Gasteiger partial charge < -0.3 is 0 Å². The molecule has 0 aromatic carbocycles. The van der Waals surface area contributed by atoms with E-state index in [1.807, 2.05) is 4.68 Å². The second-order valence-electron chi connectivity index (χ2n) is 3.29. The summed E-state index contributed by atoms with van der Waals surface area (Å²) in [5.41, 5.74) is 0. The topological polar surface area (TPSA) is 30.7 Å². The largest absolute Gasteiger partial charge is 0.250 e. The number of halogens is 1. The first kappa shape index (κ1) is 10.5. The maximum atomic E-state index is 5.72. The Morgan fingerprint density at radius 2 is 2.38 bits per heavy atom. The molecule has 0 saturated carbocycles. The zero-order valence-corrected chi connectivity index (χ0v) is 8.96. The van der Waals surface area contributed by atoms with Gasteiger partial charge in [-0.2, -0.15) is 5.10 Å². The smallest absolute Gasteiger partial charge is 0.138 e. The summed E-state index contributed by atoms with van der Waals surface area (Å²) in [7, 11) is 0. The second-order valence-corrected chi connectivity index (χ2v) is 3.60. The van der Waals surface area contributed by atoms with Crippen molar-refractivity contribution in [2.45, 2.75) is 33.2 Å². The molecule has 0 aliphatic heterocycles. The molecule has 74 valence electrons. The molecule has 0 amide bonds. The Kier molecular flexibility index (Phi) is 4.22. The molecule has 0 saturated heterocycles. The van der Waals surface area contributed by atoms with Crippen molar-refractivity contribution >= 4 is 11.6 Å².